The lowest BCUT2D eigenvalue weighted by Gasteiger charge is -2.19. The van der Waals surface area contributed by atoms with Crippen LogP contribution in [-0.4, -0.2) is 48.5 Å². The first-order valence-corrected chi connectivity index (χ1v) is 14.8. The average Bonchev–Trinajstić information content (AvgIpc) is 3.29. The lowest BCUT2D eigenvalue weighted by Crippen LogP contribution is -2.39. The predicted octanol–water partition coefficient (Wildman–Crippen LogP) is 5.03. The van der Waals surface area contributed by atoms with Gasteiger partial charge < -0.3 is 10.6 Å². The molecule has 2 heterocycles. The molecule has 2 atom stereocenters. The van der Waals surface area contributed by atoms with E-state index in [9.17, 15) is 27.0 Å². The zero-order valence-electron chi connectivity index (χ0n) is 21.7. The molecule has 0 saturated carbocycles. The van der Waals surface area contributed by atoms with Crippen molar-refractivity contribution in [3.05, 3.63) is 69.1 Å². The highest BCUT2D eigenvalue weighted by Gasteiger charge is 2.37. The number of pyridine rings is 1. The third-order valence-corrected chi connectivity index (χ3v) is 6.96. The molecule has 216 valence electrons. The van der Waals surface area contributed by atoms with Crippen LogP contribution in [0.2, 0.25) is 10.0 Å². The van der Waals surface area contributed by atoms with Crippen molar-refractivity contribution in [2.24, 2.45) is 5.14 Å². The number of carbonyl (C=O) groups excluding carboxylic acids is 2. The van der Waals surface area contributed by atoms with E-state index in [2.05, 4.69) is 20.7 Å². The van der Waals surface area contributed by atoms with Crippen LogP contribution in [0, 0.1) is 6.92 Å². The van der Waals surface area contributed by atoms with Crippen molar-refractivity contribution in [2.45, 2.75) is 45.3 Å². The van der Waals surface area contributed by atoms with Crippen molar-refractivity contribution in [2.75, 3.05) is 11.6 Å². The molecule has 0 radical (unpaired) electrons. The highest BCUT2D eigenvalue weighted by Crippen LogP contribution is 2.32. The van der Waals surface area contributed by atoms with Gasteiger partial charge in [0, 0.05) is 38.6 Å². The summed E-state index contributed by atoms with van der Waals surface area (Å²) >= 11 is 12.3. The molecule has 40 heavy (non-hydrogen) atoms. The van der Waals surface area contributed by atoms with Crippen LogP contribution in [0.4, 0.5) is 18.9 Å². The number of unbranched alkanes of at least 4 members (excludes halogenated alkanes) is 1. The number of hydrogen-bond donors (Lipinski definition) is 3. The molecule has 0 saturated heterocycles. The van der Waals surface area contributed by atoms with Gasteiger partial charge in [0.25, 0.3) is 11.8 Å². The number of rotatable bonds is 9. The molecule has 0 aliphatic rings. The summed E-state index contributed by atoms with van der Waals surface area (Å²) in [5.74, 6) is -1.88. The molecule has 2 unspecified atom stereocenters. The number of alkyl halides is 3. The topological polar surface area (TPSA) is 132 Å². The Labute approximate surface area is 239 Å². The first kappa shape index (κ1) is 31.4. The van der Waals surface area contributed by atoms with Crippen molar-refractivity contribution in [3.8, 4) is 5.82 Å². The van der Waals surface area contributed by atoms with Gasteiger partial charge in [0.2, 0.25) is 0 Å². The molecule has 0 bridgehead atoms. The van der Waals surface area contributed by atoms with E-state index < -0.39 is 45.1 Å². The Bertz CT molecular complexity index is 1540. The number of aromatic nitrogens is 3. The second kappa shape index (κ2) is 12.6. The third-order valence-electron chi connectivity index (χ3n) is 5.58. The highest BCUT2D eigenvalue weighted by atomic mass is 35.5. The quantitative estimate of drug-likeness (QED) is 0.289. The number of nitrogens with zero attached hydrogens (tertiary/aromatic N) is 3. The predicted molar refractivity (Wildman–Crippen MR) is 151 cm³/mol. The molecule has 0 spiro atoms. The summed E-state index contributed by atoms with van der Waals surface area (Å²) in [6.45, 7) is 3.51. The van der Waals surface area contributed by atoms with Gasteiger partial charge in [-0.05, 0) is 43.2 Å². The van der Waals surface area contributed by atoms with E-state index in [0.717, 1.165) is 6.42 Å². The van der Waals surface area contributed by atoms with E-state index in [0.29, 0.717) is 29.2 Å². The summed E-state index contributed by atoms with van der Waals surface area (Å²) in [6.07, 6.45) is -0.285. The monoisotopic (exact) mass is 618 g/mol. The molecule has 0 aliphatic carbocycles. The Kier molecular flexibility index (Phi) is 9.88. The first-order chi connectivity index (χ1) is 18.6. The maximum atomic E-state index is 13.5. The van der Waals surface area contributed by atoms with Crippen molar-refractivity contribution < 1.29 is 27.0 Å². The summed E-state index contributed by atoms with van der Waals surface area (Å²) in [6, 6.07) is 5.53. The average molecular weight is 619 g/mol. The number of hydrogen-bond acceptors (Lipinski definition) is 5. The van der Waals surface area contributed by atoms with E-state index in [-0.39, 0.29) is 27.1 Å². The largest absolute Gasteiger partial charge is 0.435 e. The van der Waals surface area contributed by atoms with Crippen LogP contribution < -0.4 is 15.8 Å². The maximum absolute atomic E-state index is 13.5. The fourth-order valence-electron chi connectivity index (χ4n) is 3.81. The van der Waals surface area contributed by atoms with Gasteiger partial charge >= 0.3 is 6.18 Å². The molecule has 4 N–H and O–H groups in total. The Hall–Kier alpha value is -3.13. The number of aryl methyl sites for hydroxylation is 1. The molecule has 0 fully saturated rings. The van der Waals surface area contributed by atoms with E-state index in [4.69, 9.17) is 28.3 Å². The van der Waals surface area contributed by atoms with E-state index in [1.54, 1.807) is 6.92 Å². The molecule has 3 rings (SSSR count). The van der Waals surface area contributed by atoms with Crippen LogP contribution >= 0.6 is 23.2 Å². The number of amides is 2. The normalized spacial score (nSPS) is 13.8. The zero-order valence-corrected chi connectivity index (χ0v) is 24.0. The van der Waals surface area contributed by atoms with E-state index in [1.807, 2.05) is 6.92 Å². The van der Waals surface area contributed by atoms with Gasteiger partial charge in [-0.2, -0.15) is 18.3 Å². The van der Waals surface area contributed by atoms with Crippen LogP contribution in [0.1, 0.15) is 58.3 Å². The zero-order chi connectivity index (χ0) is 29.8. The second-order valence-corrected chi connectivity index (χ2v) is 12.1. The minimum Gasteiger partial charge on any atom is -0.345 e. The Morgan fingerprint density at radius 1 is 1.23 bits per heavy atom. The number of nitrogens with two attached hydrogens (primary N) is 1. The standard InChI is InChI=1S/C25H27Cl2F3N6O3S/c1-4-5-7-16(13-40(3,31)39)33-23(37)17-11-15(26)10-14(2)21(17)34-24(38)19-12-20(25(28,29)30)35-36(19)22-18(27)8-6-9-32-22/h6,8-13,16H,4-5,7H2,1-3H3,(H2,31,39)(H,33,37)(H,34,38). The van der Waals surface area contributed by atoms with Crippen LogP contribution in [0.3, 0.4) is 0 Å². The lowest BCUT2D eigenvalue weighted by molar-refractivity contribution is -0.141. The maximum Gasteiger partial charge on any atom is 0.435 e. The summed E-state index contributed by atoms with van der Waals surface area (Å²) in [5, 5.41) is 15.9. The van der Waals surface area contributed by atoms with Crippen LogP contribution in [-0.2, 0) is 15.9 Å². The van der Waals surface area contributed by atoms with Gasteiger partial charge in [-0.1, -0.05) is 43.0 Å². The Balaban J connectivity index is 2.05. The van der Waals surface area contributed by atoms with Crippen LogP contribution in [0.15, 0.2) is 36.5 Å². The summed E-state index contributed by atoms with van der Waals surface area (Å²) in [5.41, 5.74) is -1.58. The first-order valence-electron chi connectivity index (χ1n) is 11.9. The number of anilines is 1. The third kappa shape index (κ3) is 7.96. The second-order valence-electron chi connectivity index (χ2n) is 9.06. The Morgan fingerprint density at radius 3 is 2.52 bits per heavy atom. The number of halogens is 5. The summed E-state index contributed by atoms with van der Waals surface area (Å²) in [7, 11) is -2.81. The summed E-state index contributed by atoms with van der Waals surface area (Å²) < 4.78 is 53.5. The highest BCUT2D eigenvalue weighted by molar-refractivity contribution is 7.98. The van der Waals surface area contributed by atoms with Gasteiger partial charge in [0.1, 0.15) is 5.69 Å². The van der Waals surface area contributed by atoms with Gasteiger partial charge in [0.15, 0.2) is 11.5 Å². The number of nitrogens with one attached hydrogen (secondary N) is 2. The molecule has 0 aliphatic heterocycles. The van der Waals surface area contributed by atoms with Gasteiger partial charge in [-0.25, -0.2) is 9.67 Å². The summed E-state index contributed by atoms with van der Waals surface area (Å²) in [4.78, 5) is 30.7. The molecule has 15 heteroatoms. The van der Waals surface area contributed by atoms with Crippen molar-refractivity contribution in [3.63, 3.8) is 0 Å². The SMILES string of the molecule is CCCCC(C=S(C)(N)=O)NC(=O)c1cc(Cl)cc(C)c1NC(=O)c1cc(C(F)(F)F)nn1-c1ncccc1Cl. The lowest BCUT2D eigenvalue weighted by atomic mass is 10.1. The van der Waals surface area contributed by atoms with Gasteiger partial charge in [0.05, 0.1) is 22.3 Å². The molecular formula is C25H27Cl2F3N6O3S. The van der Waals surface area contributed by atoms with Gasteiger partial charge in [-0.3, -0.25) is 18.9 Å². The molecule has 1 aromatic carbocycles. The molecule has 9 nitrogen and oxygen atoms in total. The smallest absolute Gasteiger partial charge is 0.345 e. The van der Waals surface area contributed by atoms with Crippen LogP contribution in [0.5, 0.6) is 0 Å². The van der Waals surface area contributed by atoms with E-state index >= 15 is 0 Å². The van der Waals surface area contributed by atoms with E-state index in [1.165, 1.54) is 42.1 Å². The number of carbonyl (C=O) groups is 2. The minimum atomic E-state index is -4.87. The molecule has 2 aromatic heterocycles. The minimum absolute atomic E-state index is 0.000418. The van der Waals surface area contributed by atoms with Crippen LogP contribution in [0.25, 0.3) is 5.82 Å². The fourth-order valence-corrected chi connectivity index (χ4v) is 5.14. The van der Waals surface area contributed by atoms with Crippen molar-refractivity contribution in [1.29, 1.82) is 0 Å². The Morgan fingerprint density at radius 2 is 1.93 bits per heavy atom. The molecule has 3 aromatic rings. The molecule has 2 amide bonds. The van der Waals surface area contributed by atoms with Crippen molar-refractivity contribution >= 4 is 55.8 Å². The van der Waals surface area contributed by atoms with Crippen molar-refractivity contribution in [1.82, 2.24) is 20.1 Å². The number of benzene rings is 1. The fraction of sp³-hybridized carbons (Fsp3) is 0.320. The molecular weight excluding hydrogens is 592 g/mol. The van der Waals surface area contributed by atoms with Gasteiger partial charge in [-0.15, -0.1) is 0 Å².